The van der Waals surface area contributed by atoms with E-state index >= 15 is 0 Å². The van der Waals surface area contributed by atoms with E-state index in [1.807, 2.05) is 18.8 Å². The van der Waals surface area contributed by atoms with Crippen LogP contribution in [0.25, 0.3) is 0 Å². The Morgan fingerprint density at radius 2 is 2.32 bits per heavy atom. The van der Waals surface area contributed by atoms with Crippen LogP contribution < -0.4 is 10.0 Å². The minimum atomic E-state index is -3.47. The zero-order valence-electron chi connectivity index (χ0n) is 10.9. The molecule has 0 spiro atoms. The number of hydrogen-bond acceptors (Lipinski definition) is 5. The average Bonchev–Trinajstić information content (AvgIpc) is 2.91. The standard InChI is InChI=1S/C12H19N3O2S2/c1-13-7-10-4-5-12(14-8-10)19(16,17)15-9-11-3-2-6-18-11/h4-5,8,11,13,15H,2-3,6-7,9H2,1H3. The van der Waals surface area contributed by atoms with Crippen LogP contribution in [0.4, 0.5) is 0 Å². The summed E-state index contributed by atoms with van der Waals surface area (Å²) in [6.07, 6.45) is 3.85. The lowest BCUT2D eigenvalue weighted by Crippen LogP contribution is -2.30. The van der Waals surface area contributed by atoms with Crippen molar-refractivity contribution >= 4 is 21.8 Å². The Hall–Kier alpha value is -0.630. The predicted molar refractivity (Wildman–Crippen MR) is 77.7 cm³/mol. The molecule has 1 atom stereocenters. The van der Waals surface area contributed by atoms with Gasteiger partial charge < -0.3 is 5.32 Å². The lowest BCUT2D eigenvalue weighted by atomic mass is 10.2. The molecule has 5 nitrogen and oxygen atoms in total. The maximum atomic E-state index is 12.1. The molecule has 1 saturated heterocycles. The smallest absolute Gasteiger partial charge is 0.258 e. The first-order chi connectivity index (χ1) is 9.12. The molecule has 2 rings (SSSR count). The van der Waals surface area contributed by atoms with Gasteiger partial charge in [-0.1, -0.05) is 6.07 Å². The Bertz CT molecular complexity index is 496. The first-order valence-electron chi connectivity index (χ1n) is 6.32. The molecule has 0 aromatic carbocycles. The summed E-state index contributed by atoms with van der Waals surface area (Å²) in [7, 11) is -1.64. The van der Waals surface area contributed by atoms with Crippen LogP contribution in [0.15, 0.2) is 23.4 Å². The maximum Gasteiger partial charge on any atom is 0.258 e. The fraction of sp³-hybridized carbons (Fsp3) is 0.583. The third-order valence-corrected chi connectivity index (χ3v) is 5.72. The SMILES string of the molecule is CNCc1ccc(S(=O)(=O)NCC2CCCS2)nc1. The highest BCUT2D eigenvalue weighted by atomic mass is 32.2. The summed E-state index contributed by atoms with van der Waals surface area (Å²) in [5.74, 6) is 1.13. The van der Waals surface area contributed by atoms with Crippen molar-refractivity contribution in [3.05, 3.63) is 23.9 Å². The third-order valence-electron chi connectivity index (χ3n) is 2.98. The molecule has 1 aromatic heterocycles. The van der Waals surface area contributed by atoms with Crippen LogP contribution in [0.3, 0.4) is 0 Å². The molecule has 1 aromatic rings. The van der Waals surface area contributed by atoms with E-state index in [9.17, 15) is 8.42 Å². The molecule has 19 heavy (non-hydrogen) atoms. The molecule has 1 aliphatic rings. The second-order valence-electron chi connectivity index (χ2n) is 4.52. The monoisotopic (exact) mass is 301 g/mol. The molecule has 0 radical (unpaired) electrons. The van der Waals surface area contributed by atoms with Gasteiger partial charge in [0.25, 0.3) is 10.0 Å². The first-order valence-corrected chi connectivity index (χ1v) is 8.86. The second-order valence-corrected chi connectivity index (χ2v) is 7.64. The van der Waals surface area contributed by atoms with E-state index in [4.69, 9.17) is 0 Å². The van der Waals surface area contributed by atoms with Gasteiger partial charge in [-0.05, 0) is 37.3 Å². The molecule has 2 heterocycles. The highest BCUT2D eigenvalue weighted by molar-refractivity contribution is 8.00. The van der Waals surface area contributed by atoms with E-state index in [-0.39, 0.29) is 5.03 Å². The summed E-state index contributed by atoms with van der Waals surface area (Å²) in [5.41, 5.74) is 0.966. The zero-order valence-corrected chi connectivity index (χ0v) is 12.6. The van der Waals surface area contributed by atoms with Crippen molar-refractivity contribution in [3.63, 3.8) is 0 Å². The van der Waals surface area contributed by atoms with Crippen molar-refractivity contribution in [2.75, 3.05) is 19.3 Å². The molecule has 2 N–H and O–H groups in total. The topological polar surface area (TPSA) is 71.1 Å². The van der Waals surface area contributed by atoms with Crippen molar-refractivity contribution in [1.29, 1.82) is 0 Å². The van der Waals surface area contributed by atoms with Crippen LogP contribution in [-0.4, -0.2) is 38.0 Å². The Labute approximate surface area is 118 Å². The van der Waals surface area contributed by atoms with Crippen LogP contribution in [0.1, 0.15) is 18.4 Å². The molecular formula is C12H19N3O2S2. The van der Waals surface area contributed by atoms with Gasteiger partial charge in [0.05, 0.1) is 0 Å². The Kier molecular flexibility index (Phi) is 5.20. The van der Waals surface area contributed by atoms with Gasteiger partial charge in [0, 0.05) is 24.5 Å². The summed E-state index contributed by atoms with van der Waals surface area (Å²) < 4.78 is 26.8. The molecule has 106 valence electrons. The van der Waals surface area contributed by atoms with Crippen LogP contribution in [0.5, 0.6) is 0 Å². The Morgan fingerprint density at radius 1 is 1.47 bits per heavy atom. The fourth-order valence-electron chi connectivity index (χ4n) is 1.96. The van der Waals surface area contributed by atoms with E-state index in [0.29, 0.717) is 18.3 Å². The van der Waals surface area contributed by atoms with Crippen molar-refractivity contribution < 1.29 is 8.42 Å². The molecule has 1 fully saturated rings. The zero-order chi connectivity index (χ0) is 13.7. The average molecular weight is 301 g/mol. The van der Waals surface area contributed by atoms with Gasteiger partial charge in [0.2, 0.25) is 0 Å². The largest absolute Gasteiger partial charge is 0.316 e. The van der Waals surface area contributed by atoms with Crippen LogP contribution in [0.2, 0.25) is 0 Å². The van der Waals surface area contributed by atoms with Crippen molar-refractivity contribution in [2.24, 2.45) is 0 Å². The van der Waals surface area contributed by atoms with Gasteiger partial charge in [-0.25, -0.2) is 18.1 Å². The number of rotatable bonds is 6. The number of nitrogens with zero attached hydrogens (tertiary/aromatic N) is 1. The van der Waals surface area contributed by atoms with Crippen LogP contribution in [0, 0.1) is 0 Å². The third kappa shape index (κ3) is 4.17. The molecule has 0 saturated carbocycles. The summed E-state index contributed by atoms with van der Waals surface area (Å²) in [6.45, 7) is 1.17. The summed E-state index contributed by atoms with van der Waals surface area (Å²) in [5, 5.41) is 3.49. The molecule has 1 aliphatic heterocycles. The van der Waals surface area contributed by atoms with Crippen LogP contribution in [-0.2, 0) is 16.6 Å². The highest BCUT2D eigenvalue weighted by Gasteiger charge is 2.20. The molecule has 1 unspecified atom stereocenters. The first kappa shape index (κ1) is 14.8. The second kappa shape index (κ2) is 6.69. The minimum absolute atomic E-state index is 0.0929. The summed E-state index contributed by atoms with van der Waals surface area (Å²) >= 11 is 1.83. The van der Waals surface area contributed by atoms with Gasteiger partial charge in [-0.3, -0.25) is 0 Å². The van der Waals surface area contributed by atoms with E-state index < -0.39 is 10.0 Å². The molecular weight excluding hydrogens is 282 g/mol. The summed E-state index contributed by atoms with van der Waals surface area (Å²) in [4.78, 5) is 4.02. The maximum absolute atomic E-state index is 12.1. The normalized spacial score (nSPS) is 19.7. The fourth-order valence-corrected chi connectivity index (χ4v) is 4.27. The van der Waals surface area contributed by atoms with Crippen LogP contribution >= 0.6 is 11.8 Å². The quantitative estimate of drug-likeness (QED) is 0.819. The number of pyridine rings is 1. The van der Waals surface area contributed by atoms with E-state index in [0.717, 1.165) is 17.7 Å². The lowest BCUT2D eigenvalue weighted by Gasteiger charge is -2.10. The van der Waals surface area contributed by atoms with Gasteiger partial charge in [-0.15, -0.1) is 0 Å². The Balaban J connectivity index is 1.97. The molecule has 7 heteroatoms. The van der Waals surface area contributed by atoms with Gasteiger partial charge in [0.1, 0.15) is 0 Å². The number of nitrogens with one attached hydrogen (secondary N) is 2. The van der Waals surface area contributed by atoms with Gasteiger partial charge in [-0.2, -0.15) is 11.8 Å². The number of aromatic nitrogens is 1. The van der Waals surface area contributed by atoms with Gasteiger partial charge >= 0.3 is 0 Å². The number of thioether (sulfide) groups is 1. The van der Waals surface area contributed by atoms with Crippen molar-refractivity contribution in [3.8, 4) is 0 Å². The van der Waals surface area contributed by atoms with E-state index in [1.54, 1.807) is 18.3 Å². The highest BCUT2D eigenvalue weighted by Crippen LogP contribution is 2.25. The molecule has 0 bridgehead atoms. The van der Waals surface area contributed by atoms with Crippen molar-refractivity contribution in [1.82, 2.24) is 15.0 Å². The minimum Gasteiger partial charge on any atom is -0.316 e. The number of hydrogen-bond donors (Lipinski definition) is 2. The molecule has 0 amide bonds. The summed E-state index contributed by atoms with van der Waals surface area (Å²) in [6, 6.07) is 3.33. The number of sulfonamides is 1. The van der Waals surface area contributed by atoms with Gasteiger partial charge in [0.15, 0.2) is 5.03 Å². The van der Waals surface area contributed by atoms with E-state index in [1.165, 1.54) is 6.42 Å². The van der Waals surface area contributed by atoms with E-state index in [2.05, 4.69) is 15.0 Å². The predicted octanol–water partition coefficient (Wildman–Crippen LogP) is 0.975. The molecule has 0 aliphatic carbocycles. The van der Waals surface area contributed by atoms with Crippen molar-refractivity contribution in [2.45, 2.75) is 29.7 Å². The Morgan fingerprint density at radius 3 is 2.89 bits per heavy atom. The lowest BCUT2D eigenvalue weighted by molar-refractivity contribution is 0.575.